The van der Waals surface area contributed by atoms with Crippen LogP contribution in [0.1, 0.15) is 0 Å². The second kappa shape index (κ2) is 16.5. The third-order valence-corrected chi connectivity index (χ3v) is 4.19. The van der Waals surface area contributed by atoms with Crippen LogP contribution in [0.5, 0.6) is 0 Å². The fraction of sp³-hybridized carbons (Fsp3) is 0.444. The second-order valence-corrected chi connectivity index (χ2v) is 7.77. The van der Waals surface area contributed by atoms with Crippen molar-refractivity contribution in [3.8, 4) is 0 Å². The highest BCUT2D eigenvalue weighted by atomic mass is 35.5. The summed E-state index contributed by atoms with van der Waals surface area (Å²) in [4.78, 5) is 49.7. The van der Waals surface area contributed by atoms with E-state index in [2.05, 4.69) is 20.2 Å². The number of hydrogen-bond acceptors (Lipinski definition) is 14. The lowest BCUT2D eigenvalue weighted by atomic mass is 10.3. The van der Waals surface area contributed by atoms with Crippen LogP contribution in [-0.2, 0) is 0 Å². The van der Waals surface area contributed by atoms with Gasteiger partial charge in [0.1, 0.15) is 12.4 Å². The van der Waals surface area contributed by atoms with E-state index >= 15 is 0 Å². The van der Waals surface area contributed by atoms with Gasteiger partial charge in [-0.15, -0.1) is 0 Å². The molecule has 0 unspecified atom stereocenters. The molecule has 0 aliphatic carbocycles. The molecule has 0 atom stereocenters. The molecule has 0 aromatic carbocycles. The molecule has 204 valence electrons. The van der Waals surface area contributed by atoms with Gasteiger partial charge in [-0.1, -0.05) is 11.6 Å². The highest BCUT2D eigenvalue weighted by Crippen LogP contribution is 2.26. The van der Waals surface area contributed by atoms with Gasteiger partial charge in [-0.25, -0.2) is 9.97 Å². The van der Waals surface area contributed by atoms with Gasteiger partial charge in [0.05, 0.1) is 31.8 Å². The SMILES string of the molecule is CN(C)CCN.CN(C)CCNc1ncc([N+](=O)[O-])cc1[N+](=O)[O-].O=[N+]([O-])c1cnc(Cl)c([N+](=O)[O-])c1. The number of hydrogen-bond donors (Lipinski definition) is 2. The van der Waals surface area contributed by atoms with Crippen molar-refractivity contribution in [3.63, 3.8) is 0 Å². The van der Waals surface area contributed by atoms with Crippen molar-refractivity contribution < 1.29 is 19.7 Å². The molecule has 0 amide bonds. The number of pyridine rings is 2. The number of anilines is 1. The quantitative estimate of drug-likeness (QED) is 0.245. The zero-order valence-corrected chi connectivity index (χ0v) is 21.2. The number of likely N-dealkylation sites (N-methyl/N-ethyl adjacent to an activating group) is 2. The minimum atomic E-state index is -0.831. The van der Waals surface area contributed by atoms with Gasteiger partial charge in [-0.2, -0.15) is 0 Å². The van der Waals surface area contributed by atoms with Crippen molar-refractivity contribution in [2.24, 2.45) is 5.73 Å². The molecule has 37 heavy (non-hydrogen) atoms. The Labute approximate surface area is 215 Å². The highest BCUT2D eigenvalue weighted by Gasteiger charge is 2.21. The fourth-order valence-corrected chi connectivity index (χ4v) is 2.30. The van der Waals surface area contributed by atoms with Crippen molar-refractivity contribution in [2.45, 2.75) is 0 Å². The van der Waals surface area contributed by atoms with E-state index < -0.39 is 42.4 Å². The Morgan fingerprint density at radius 1 is 0.811 bits per heavy atom. The summed E-state index contributed by atoms with van der Waals surface area (Å²) < 4.78 is 0. The molecule has 2 heterocycles. The molecular weight excluding hydrogens is 520 g/mol. The summed E-state index contributed by atoms with van der Waals surface area (Å²) in [5.74, 6) is 0.0347. The first-order valence-corrected chi connectivity index (χ1v) is 10.6. The third-order valence-electron chi connectivity index (χ3n) is 3.90. The number of nitrogens with zero attached hydrogens (tertiary/aromatic N) is 8. The molecular formula is C18H27ClN10O8. The number of nitrogens with two attached hydrogens (primary N) is 1. The average molecular weight is 547 g/mol. The number of rotatable bonds is 10. The normalized spacial score (nSPS) is 10.1. The Kier molecular flexibility index (Phi) is 14.7. The zero-order valence-electron chi connectivity index (χ0n) is 20.4. The molecule has 3 N–H and O–H groups in total. The van der Waals surface area contributed by atoms with E-state index in [0.29, 0.717) is 13.1 Å². The van der Waals surface area contributed by atoms with E-state index in [4.69, 9.17) is 17.3 Å². The minimum absolute atomic E-state index is 0.0347. The Balaban J connectivity index is 0.000000594. The summed E-state index contributed by atoms with van der Waals surface area (Å²) in [6.45, 7) is 2.86. The minimum Gasteiger partial charge on any atom is -0.363 e. The maximum Gasteiger partial charge on any atom is 0.318 e. The molecule has 18 nitrogen and oxygen atoms in total. The molecule has 2 rings (SSSR count). The first kappa shape index (κ1) is 32.9. The number of aromatic nitrogens is 2. The van der Waals surface area contributed by atoms with Gasteiger partial charge in [-0.3, -0.25) is 40.5 Å². The smallest absolute Gasteiger partial charge is 0.318 e. The molecule has 0 spiro atoms. The summed E-state index contributed by atoms with van der Waals surface area (Å²) >= 11 is 5.32. The monoisotopic (exact) mass is 546 g/mol. The van der Waals surface area contributed by atoms with Gasteiger partial charge >= 0.3 is 11.4 Å². The Morgan fingerprint density at radius 3 is 1.65 bits per heavy atom. The standard InChI is InChI=1S/C9H13N5O4.C5H2ClN3O4.C4H12N2/c1-12(2)4-3-10-9-8(14(17)18)5-7(6-11-9)13(15)16;6-5-4(9(12)13)1-3(2-7-5)8(10)11;1-6(2)4-3-5/h5-6H,3-4H2,1-2H3,(H,10,11);1-2H;3-5H2,1-2H3. The van der Waals surface area contributed by atoms with E-state index in [1.165, 1.54) is 0 Å². The van der Waals surface area contributed by atoms with Crippen LogP contribution in [0, 0.1) is 40.5 Å². The molecule has 0 fully saturated rings. The van der Waals surface area contributed by atoms with Crippen LogP contribution in [0.2, 0.25) is 5.15 Å². The van der Waals surface area contributed by atoms with Crippen LogP contribution in [0.15, 0.2) is 24.5 Å². The van der Waals surface area contributed by atoms with Gasteiger partial charge in [0.15, 0.2) is 0 Å². The Bertz CT molecular complexity index is 1090. The summed E-state index contributed by atoms with van der Waals surface area (Å²) in [5, 5.41) is 44.1. The molecule has 0 saturated carbocycles. The van der Waals surface area contributed by atoms with Gasteiger partial charge in [-0.05, 0) is 28.2 Å². The number of nitrogens with one attached hydrogen (secondary N) is 1. The molecule has 0 aliphatic rings. The third kappa shape index (κ3) is 12.9. The van der Waals surface area contributed by atoms with Crippen LogP contribution >= 0.6 is 11.6 Å². The number of halogens is 1. The summed E-state index contributed by atoms with van der Waals surface area (Å²) in [6, 6.07) is 1.65. The summed E-state index contributed by atoms with van der Waals surface area (Å²) in [7, 11) is 7.73. The average Bonchev–Trinajstić information content (AvgIpc) is 2.79. The molecule has 0 radical (unpaired) electrons. The Morgan fingerprint density at radius 2 is 1.27 bits per heavy atom. The Hall–Kier alpha value is -4.13. The fourth-order valence-electron chi connectivity index (χ4n) is 2.13. The first-order valence-electron chi connectivity index (χ1n) is 10.2. The zero-order chi connectivity index (χ0) is 28.7. The van der Waals surface area contributed by atoms with E-state index in [0.717, 1.165) is 37.6 Å². The predicted molar refractivity (Wildman–Crippen MR) is 135 cm³/mol. The van der Waals surface area contributed by atoms with Crippen molar-refractivity contribution in [2.75, 3.05) is 59.7 Å². The van der Waals surface area contributed by atoms with Crippen LogP contribution in [0.25, 0.3) is 0 Å². The van der Waals surface area contributed by atoms with Crippen LogP contribution in [-0.4, -0.2) is 93.8 Å². The number of nitro groups is 4. The van der Waals surface area contributed by atoms with Gasteiger partial charge in [0.25, 0.3) is 11.4 Å². The molecule has 0 bridgehead atoms. The van der Waals surface area contributed by atoms with E-state index in [9.17, 15) is 40.5 Å². The maximum atomic E-state index is 10.8. The van der Waals surface area contributed by atoms with Crippen molar-refractivity contribution in [1.29, 1.82) is 0 Å². The largest absolute Gasteiger partial charge is 0.363 e. The lowest BCUT2D eigenvalue weighted by Gasteiger charge is -2.10. The highest BCUT2D eigenvalue weighted by molar-refractivity contribution is 6.31. The van der Waals surface area contributed by atoms with Crippen molar-refractivity contribution in [1.82, 2.24) is 19.8 Å². The molecule has 0 saturated heterocycles. The van der Waals surface area contributed by atoms with Gasteiger partial charge in [0.2, 0.25) is 11.0 Å². The topological polar surface area (TPSA) is 243 Å². The van der Waals surface area contributed by atoms with Crippen LogP contribution < -0.4 is 11.1 Å². The van der Waals surface area contributed by atoms with Gasteiger partial charge < -0.3 is 20.9 Å². The molecule has 0 aliphatic heterocycles. The van der Waals surface area contributed by atoms with Crippen molar-refractivity contribution in [3.05, 3.63) is 70.1 Å². The van der Waals surface area contributed by atoms with Gasteiger partial charge in [0, 0.05) is 26.2 Å². The summed E-state index contributed by atoms with van der Waals surface area (Å²) in [5.41, 5.74) is 3.35. The lowest BCUT2D eigenvalue weighted by molar-refractivity contribution is -0.394. The predicted octanol–water partition coefficient (Wildman–Crippen LogP) is 1.93. The van der Waals surface area contributed by atoms with E-state index in [-0.39, 0.29) is 11.0 Å². The molecule has 19 heteroatoms. The summed E-state index contributed by atoms with van der Waals surface area (Å²) in [6.07, 6.45) is 1.85. The second-order valence-electron chi connectivity index (χ2n) is 7.42. The maximum absolute atomic E-state index is 10.8. The van der Waals surface area contributed by atoms with Crippen LogP contribution in [0.4, 0.5) is 28.6 Å². The van der Waals surface area contributed by atoms with Crippen molar-refractivity contribution >= 4 is 40.2 Å². The van der Waals surface area contributed by atoms with E-state index in [1.54, 1.807) is 0 Å². The first-order chi connectivity index (χ1) is 17.2. The van der Waals surface area contributed by atoms with E-state index in [1.807, 2.05) is 33.1 Å². The lowest BCUT2D eigenvalue weighted by Crippen LogP contribution is -2.21. The molecule has 2 aromatic heterocycles. The van der Waals surface area contributed by atoms with Crippen LogP contribution in [0.3, 0.4) is 0 Å². The molecule has 2 aromatic rings.